The lowest BCUT2D eigenvalue weighted by atomic mass is 9.93. The van der Waals surface area contributed by atoms with Crippen LogP contribution in [0.1, 0.15) is 0 Å². The maximum absolute atomic E-state index is 6.64. The Morgan fingerprint density at radius 1 is 0.135 bits per heavy atom. The third-order valence-electron chi connectivity index (χ3n) is 28.7. The van der Waals surface area contributed by atoms with E-state index in [1.165, 1.54) is 32.3 Å². The second kappa shape index (κ2) is 33.0. The largest absolute Gasteiger partial charge is 0.455 e. The number of hydrogen-bond donors (Lipinski definition) is 0. The average molecular weight is 1800 g/mol. The number of nitrogens with zero attached hydrogens (tertiary/aromatic N) is 6. The van der Waals surface area contributed by atoms with Gasteiger partial charge in [-0.1, -0.05) is 291 Å². The molecule has 141 heavy (non-hydrogen) atoms. The molecule has 6 heterocycles. The predicted molar refractivity (Wildman–Crippen MR) is 588 cm³/mol. The topological polar surface area (TPSA) is 63.9 Å². The van der Waals surface area contributed by atoms with Crippen LogP contribution in [0.2, 0.25) is 0 Å². The zero-order valence-corrected chi connectivity index (χ0v) is 76.4. The van der Waals surface area contributed by atoms with Gasteiger partial charge < -0.3 is 41.7 Å². The summed E-state index contributed by atoms with van der Waals surface area (Å²) in [6.45, 7) is 0. The van der Waals surface area contributed by atoms with Crippen molar-refractivity contribution < 1.29 is 13.3 Å². The van der Waals surface area contributed by atoms with Crippen LogP contribution in [0.25, 0.3) is 215 Å². The summed E-state index contributed by atoms with van der Waals surface area (Å²) >= 11 is 0. The fourth-order valence-electron chi connectivity index (χ4n) is 22.0. The minimum absolute atomic E-state index is 0.875. The van der Waals surface area contributed by atoms with Crippen molar-refractivity contribution in [1.29, 1.82) is 0 Å². The van der Waals surface area contributed by atoms with E-state index in [1.807, 2.05) is 18.2 Å². The van der Waals surface area contributed by atoms with Crippen LogP contribution in [0.5, 0.6) is 0 Å². The number of benzene rings is 22. The average Bonchev–Trinajstić information content (AvgIpc) is 1.58. The SMILES string of the molecule is c1ccc2c(c1)oc1c(-c3ccc(N(c4ccc(-c5cc(-c6ccc(N(c7ccc(-c8cccc9c8oc8ccccc89)cc7)c7ccc(-n8c9ccccc9c9ccccc98)cc7)cc6)cc(-c6ccc(N(c7ccc(-c8cccc9c8oc8ccccc89)cc7)c7ccc(-n8c9ccccc9c9ccccc98)cc7)cc6)c5)cc4)c4ccc(-n5c6ccccc6c6ccccc65)cc4)cc3)cccc12. The van der Waals surface area contributed by atoms with Crippen LogP contribution >= 0.6 is 0 Å². The van der Waals surface area contributed by atoms with E-state index >= 15 is 0 Å². The molecule has 0 unspecified atom stereocenters. The van der Waals surface area contributed by atoms with E-state index in [4.69, 9.17) is 13.3 Å². The van der Waals surface area contributed by atoms with Crippen molar-refractivity contribution in [2.45, 2.75) is 0 Å². The van der Waals surface area contributed by atoms with Crippen LogP contribution in [0.3, 0.4) is 0 Å². The van der Waals surface area contributed by atoms with Gasteiger partial charge in [-0.2, -0.15) is 0 Å². The molecule has 0 radical (unpaired) electrons. The molecule has 0 saturated carbocycles. The van der Waals surface area contributed by atoms with Gasteiger partial charge in [-0.3, -0.25) is 0 Å². The lowest BCUT2D eigenvalue weighted by Gasteiger charge is -2.27. The van der Waals surface area contributed by atoms with E-state index in [0.717, 1.165) is 234 Å². The molecule has 0 saturated heterocycles. The molecule has 0 aliphatic heterocycles. The Morgan fingerprint density at radius 3 is 0.532 bits per heavy atom. The Morgan fingerprint density at radius 2 is 0.312 bits per heavy atom. The molecule has 0 aliphatic rings. The van der Waals surface area contributed by atoms with Gasteiger partial charge >= 0.3 is 0 Å². The summed E-state index contributed by atoms with van der Waals surface area (Å²) in [5.41, 5.74) is 37.3. The number of furan rings is 3. The quantitative estimate of drug-likeness (QED) is 0.0853. The highest BCUT2D eigenvalue weighted by Crippen LogP contribution is 2.49. The summed E-state index contributed by atoms with van der Waals surface area (Å²) in [5, 5.41) is 14.0. The van der Waals surface area contributed by atoms with Crippen molar-refractivity contribution in [3.63, 3.8) is 0 Å². The van der Waals surface area contributed by atoms with Crippen LogP contribution in [0.15, 0.2) is 523 Å². The van der Waals surface area contributed by atoms with E-state index in [0.29, 0.717) is 0 Å². The van der Waals surface area contributed by atoms with Crippen molar-refractivity contribution in [2.24, 2.45) is 0 Å². The molecule has 0 fully saturated rings. The number of fused-ring (bicyclic) bond motifs is 18. The lowest BCUT2D eigenvalue weighted by molar-refractivity contribution is 0.669. The third kappa shape index (κ3) is 13.5. The molecule has 28 rings (SSSR count). The van der Waals surface area contributed by atoms with E-state index in [2.05, 4.69) is 520 Å². The number of aromatic nitrogens is 3. The molecule has 660 valence electrons. The number of rotatable bonds is 18. The normalized spacial score (nSPS) is 11.8. The van der Waals surface area contributed by atoms with Gasteiger partial charge in [0.15, 0.2) is 0 Å². The van der Waals surface area contributed by atoms with Gasteiger partial charge in [0, 0.05) is 150 Å². The number of hydrogen-bond acceptors (Lipinski definition) is 6. The first kappa shape index (κ1) is 80.5. The number of anilines is 9. The van der Waals surface area contributed by atoms with Crippen molar-refractivity contribution in [1.82, 2.24) is 13.7 Å². The van der Waals surface area contributed by atoms with Crippen molar-refractivity contribution >= 4 is 182 Å². The second-order valence-corrected chi connectivity index (χ2v) is 36.6. The van der Waals surface area contributed by atoms with Gasteiger partial charge in [0.05, 0.1) is 33.1 Å². The monoisotopic (exact) mass is 1800 g/mol. The van der Waals surface area contributed by atoms with Gasteiger partial charge in [0.2, 0.25) is 0 Å². The summed E-state index contributed by atoms with van der Waals surface area (Å²) in [5.74, 6) is 0. The fourth-order valence-corrected chi connectivity index (χ4v) is 22.0. The van der Waals surface area contributed by atoms with E-state index in [9.17, 15) is 0 Å². The molecule has 0 N–H and O–H groups in total. The summed E-state index contributed by atoms with van der Waals surface area (Å²) in [4.78, 5) is 7.12. The first-order valence-corrected chi connectivity index (χ1v) is 48.1. The third-order valence-corrected chi connectivity index (χ3v) is 28.7. The van der Waals surface area contributed by atoms with E-state index < -0.39 is 0 Å². The predicted octanol–water partition coefficient (Wildman–Crippen LogP) is 37.1. The summed E-state index contributed by atoms with van der Waals surface area (Å²) in [6, 6.07) is 185. The lowest BCUT2D eigenvalue weighted by Crippen LogP contribution is -2.10. The summed E-state index contributed by atoms with van der Waals surface area (Å²) < 4.78 is 27.1. The van der Waals surface area contributed by atoms with Gasteiger partial charge in [-0.15, -0.1) is 0 Å². The van der Waals surface area contributed by atoms with Crippen molar-refractivity contribution in [3.05, 3.63) is 510 Å². The molecular weight excluding hydrogens is 1720 g/mol. The van der Waals surface area contributed by atoms with Crippen molar-refractivity contribution in [2.75, 3.05) is 14.7 Å². The molecular formula is C132H84N6O3. The van der Waals surface area contributed by atoms with Gasteiger partial charge in [0.1, 0.15) is 33.5 Å². The fraction of sp³-hybridized carbons (Fsp3) is 0. The minimum Gasteiger partial charge on any atom is -0.455 e. The van der Waals surface area contributed by atoms with Crippen LogP contribution in [0, 0.1) is 0 Å². The maximum atomic E-state index is 6.64. The van der Waals surface area contributed by atoms with Crippen molar-refractivity contribution in [3.8, 4) is 83.8 Å². The summed E-state index contributed by atoms with van der Waals surface area (Å²) in [6.07, 6.45) is 0. The Labute approximate surface area is 811 Å². The standard InChI is InChI=1S/C132H84N6O3/c1-10-37-121-109(22-1)110-23-2-11-38-122(110)136(121)103-76-70-100(71-77-103)133(97-64-52-88(53-65-97)106-31-19-34-118-115-28-7-16-43-127(115)139-130(106)118)94-58-46-85(47-59-94)91-82-92(86-48-60-95(61-49-86)134(98-66-54-89(55-67-98)107-32-20-35-119-116-29-8-17-44-128(116)140-131(107)119)101-72-78-104(79-73-101)137-123-39-12-3-24-111(123)112-25-4-13-40-124(112)137)84-93(83-91)87-50-62-96(63-51-87)135(99-68-56-90(57-69-99)108-33-21-36-120-117-30-9-18-45-129(117)141-132(108)120)102-74-80-105(81-75-102)138-125-41-14-5-26-113(125)114-27-6-15-42-126(114)138/h1-84H. The van der Waals surface area contributed by atoms with Gasteiger partial charge in [-0.25, -0.2) is 0 Å². The first-order valence-electron chi connectivity index (χ1n) is 48.1. The first-order chi connectivity index (χ1) is 69.9. The van der Waals surface area contributed by atoms with Gasteiger partial charge in [-0.05, 0) is 268 Å². The Hall–Kier alpha value is -19.0. The Kier molecular flexibility index (Phi) is 18.8. The molecule has 0 atom stereocenters. The van der Waals surface area contributed by atoms with E-state index in [1.54, 1.807) is 0 Å². The molecule has 0 amide bonds. The van der Waals surface area contributed by atoms with E-state index in [-0.39, 0.29) is 0 Å². The summed E-state index contributed by atoms with van der Waals surface area (Å²) in [7, 11) is 0. The van der Waals surface area contributed by atoms with Gasteiger partial charge in [0.25, 0.3) is 0 Å². The molecule has 28 aromatic rings. The molecule has 6 aromatic heterocycles. The Bertz CT molecular complexity index is 8700. The molecule has 22 aromatic carbocycles. The molecule has 0 spiro atoms. The second-order valence-electron chi connectivity index (χ2n) is 36.6. The highest BCUT2D eigenvalue weighted by molar-refractivity contribution is 6.15. The highest BCUT2D eigenvalue weighted by Gasteiger charge is 2.25. The molecule has 0 bridgehead atoms. The zero-order chi connectivity index (χ0) is 92.7. The highest BCUT2D eigenvalue weighted by atomic mass is 16.3. The minimum atomic E-state index is 0.875. The molecule has 0 aliphatic carbocycles. The number of para-hydroxylation sites is 12. The van der Waals surface area contributed by atoms with Crippen LogP contribution < -0.4 is 14.7 Å². The smallest absolute Gasteiger partial charge is 0.143 e. The zero-order valence-electron chi connectivity index (χ0n) is 76.4. The molecule has 9 nitrogen and oxygen atoms in total. The van der Waals surface area contributed by atoms with Crippen LogP contribution in [-0.2, 0) is 0 Å². The maximum Gasteiger partial charge on any atom is 0.143 e. The Balaban J connectivity index is 0.577. The van der Waals surface area contributed by atoms with Crippen LogP contribution in [0.4, 0.5) is 51.2 Å². The van der Waals surface area contributed by atoms with Crippen LogP contribution in [-0.4, -0.2) is 13.7 Å². The molecule has 9 heteroatoms.